The van der Waals surface area contributed by atoms with E-state index < -0.39 is 10.8 Å². The van der Waals surface area contributed by atoms with Crippen LogP contribution in [0.3, 0.4) is 0 Å². The second kappa shape index (κ2) is 6.93. The molecule has 23 heavy (non-hydrogen) atoms. The highest BCUT2D eigenvalue weighted by Crippen LogP contribution is 2.14. The van der Waals surface area contributed by atoms with Gasteiger partial charge in [-0.15, -0.1) is 0 Å². The van der Waals surface area contributed by atoms with E-state index in [0.717, 1.165) is 0 Å². The molecular formula is C14H14ClN5O3. The summed E-state index contributed by atoms with van der Waals surface area (Å²) in [5.41, 5.74) is 6.65. The second-order valence-corrected chi connectivity index (χ2v) is 5.12. The monoisotopic (exact) mass is 335 g/mol. The zero-order valence-corrected chi connectivity index (χ0v) is 13.2. The maximum Gasteiger partial charge on any atom is 0.390 e. The summed E-state index contributed by atoms with van der Waals surface area (Å²) < 4.78 is 1.35. The number of rotatable bonds is 5. The fourth-order valence-corrected chi connectivity index (χ4v) is 2.00. The van der Waals surface area contributed by atoms with Gasteiger partial charge >= 0.3 is 5.82 Å². The molecule has 2 aromatic rings. The number of carbonyl (C=O) groups excluding carboxylic acids is 1. The number of nitrogens with zero attached hydrogens (tertiary/aromatic N) is 3. The molecule has 0 aliphatic heterocycles. The number of aromatic nitrogens is 2. The Kier molecular flexibility index (Phi) is 4.97. The van der Waals surface area contributed by atoms with Crippen molar-refractivity contribution in [2.75, 3.05) is 0 Å². The zero-order valence-electron chi connectivity index (χ0n) is 12.4. The van der Waals surface area contributed by atoms with Gasteiger partial charge in [-0.3, -0.25) is 10.2 Å². The van der Waals surface area contributed by atoms with Crippen molar-refractivity contribution in [3.63, 3.8) is 0 Å². The molecule has 0 spiro atoms. The van der Waals surface area contributed by atoms with Crippen LogP contribution in [-0.4, -0.2) is 20.6 Å². The zero-order chi connectivity index (χ0) is 17.0. The van der Waals surface area contributed by atoms with Gasteiger partial charge in [-0.25, -0.2) is 0 Å². The Labute approximate surface area is 136 Å². The summed E-state index contributed by atoms with van der Waals surface area (Å²) in [4.78, 5) is 22.1. The van der Waals surface area contributed by atoms with E-state index in [4.69, 9.17) is 11.6 Å². The topological polar surface area (TPSA) is 102 Å². The van der Waals surface area contributed by atoms with Gasteiger partial charge in [0.2, 0.25) is 0 Å². The molecule has 0 unspecified atom stereocenters. The van der Waals surface area contributed by atoms with Gasteiger partial charge in [0.1, 0.15) is 0 Å². The van der Waals surface area contributed by atoms with E-state index in [0.29, 0.717) is 22.0 Å². The molecule has 0 atom stereocenters. The van der Waals surface area contributed by atoms with Crippen molar-refractivity contribution < 1.29 is 9.72 Å². The van der Waals surface area contributed by atoms with Gasteiger partial charge in [0.15, 0.2) is 0 Å². The third kappa shape index (κ3) is 4.07. The van der Waals surface area contributed by atoms with Crippen LogP contribution in [0.2, 0.25) is 5.02 Å². The number of allylic oxidation sites excluding steroid dienone is 1. The Bertz CT molecular complexity index is 784. The number of carbonyl (C=O) groups is 1. The van der Waals surface area contributed by atoms with Crippen molar-refractivity contribution in [3.8, 4) is 0 Å². The maximum atomic E-state index is 12.0. The highest BCUT2D eigenvalue weighted by Gasteiger charge is 2.14. The van der Waals surface area contributed by atoms with Crippen molar-refractivity contribution in [2.24, 2.45) is 0 Å². The molecule has 1 amide bonds. The van der Waals surface area contributed by atoms with Gasteiger partial charge in [0.25, 0.3) is 5.91 Å². The molecule has 1 heterocycles. The minimum atomic E-state index is -0.570. The van der Waals surface area contributed by atoms with Crippen LogP contribution in [0.15, 0.2) is 36.0 Å². The molecule has 1 aromatic carbocycles. The lowest BCUT2D eigenvalue weighted by molar-refractivity contribution is -0.389. The first-order valence-corrected chi connectivity index (χ1v) is 6.96. The van der Waals surface area contributed by atoms with E-state index in [1.807, 2.05) is 0 Å². The Morgan fingerprint density at radius 3 is 2.70 bits per heavy atom. The molecule has 2 N–H and O–H groups in total. The number of nitrogens with one attached hydrogen (secondary N) is 2. The van der Waals surface area contributed by atoms with E-state index in [-0.39, 0.29) is 5.82 Å². The van der Waals surface area contributed by atoms with E-state index in [9.17, 15) is 14.9 Å². The van der Waals surface area contributed by atoms with Crippen molar-refractivity contribution >= 4 is 29.5 Å². The third-order valence-electron chi connectivity index (χ3n) is 2.90. The van der Waals surface area contributed by atoms with Gasteiger partial charge in [-0.2, -0.15) is 4.68 Å². The van der Waals surface area contributed by atoms with Crippen LogP contribution in [0.25, 0.3) is 6.20 Å². The number of amides is 1. The van der Waals surface area contributed by atoms with E-state index in [1.165, 1.54) is 16.9 Å². The van der Waals surface area contributed by atoms with Gasteiger partial charge in [-0.05, 0) is 30.9 Å². The SMILES string of the molecule is CC(=Cn1nc([N+](=O)[O-])cc1C)NNC(=O)c1ccccc1Cl. The molecule has 0 aliphatic rings. The molecule has 1 aromatic heterocycles. The van der Waals surface area contributed by atoms with Gasteiger partial charge in [0.05, 0.1) is 33.6 Å². The number of benzene rings is 1. The lowest BCUT2D eigenvalue weighted by Gasteiger charge is -2.09. The molecule has 0 aliphatic carbocycles. The average molecular weight is 336 g/mol. The summed E-state index contributed by atoms with van der Waals surface area (Å²) in [6, 6.07) is 8.00. The summed E-state index contributed by atoms with van der Waals surface area (Å²) in [7, 11) is 0. The van der Waals surface area contributed by atoms with Crippen LogP contribution >= 0.6 is 11.6 Å². The van der Waals surface area contributed by atoms with Crippen LogP contribution in [0, 0.1) is 17.0 Å². The number of aryl methyl sites for hydroxylation is 1. The van der Waals surface area contributed by atoms with Crippen LogP contribution in [-0.2, 0) is 0 Å². The lowest BCUT2D eigenvalue weighted by atomic mass is 10.2. The number of hydrazine groups is 1. The van der Waals surface area contributed by atoms with Crippen LogP contribution in [0.5, 0.6) is 0 Å². The summed E-state index contributed by atoms with van der Waals surface area (Å²) in [6.07, 6.45) is 1.52. The minimum Gasteiger partial charge on any atom is -0.358 e. The molecule has 0 radical (unpaired) electrons. The molecule has 9 heteroatoms. The minimum absolute atomic E-state index is 0.244. The van der Waals surface area contributed by atoms with E-state index >= 15 is 0 Å². The number of hydrogen-bond acceptors (Lipinski definition) is 5. The predicted octanol–water partition coefficient (Wildman–Crippen LogP) is 2.51. The van der Waals surface area contributed by atoms with E-state index in [2.05, 4.69) is 16.0 Å². The first-order valence-electron chi connectivity index (χ1n) is 6.58. The predicted molar refractivity (Wildman–Crippen MR) is 85.6 cm³/mol. The normalized spacial score (nSPS) is 11.2. The van der Waals surface area contributed by atoms with Crippen LogP contribution in [0.4, 0.5) is 5.82 Å². The number of nitro groups is 1. The Balaban J connectivity index is 2.05. The summed E-state index contributed by atoms with van der Waals surface area (Å²) >= 11 is 5.94. The fraction of sp³-hybridized carbons (Fsp3) is 0.143. The first kappa shape index (κ1) is 16.5. The summed E-state index contributed by atoms with van der Waals surface area (Å²) in [5, 5.41) is 14.8. The Hall–Kier alpha value is -2.87. The number of halogens is 1. The molecule has 120 valence electrons. The van der Waals surface area contributed by atoms with Gasteiger partial charge < -0.3 is 15.5 Å². The molecule has 0 fully saturated rings. The maximum absolute atomic E-state index is 12.0. The van der Waals surface area contributed by atoms with Crippen molar-refractivity contribution in [1.29, 1.82) is 0 Å². The molecule has 0 bridgehead atoms. The van der Waals surface area contributed by atoms with Crippen molar-refractivity contribution in [1.82, 2.24) is 20.6 Å². The standard InChI is InChI=1S/C14H14ClN5O3/c1-9(8-19-10(2)7-13(18-19)20(22)23)16-17-14(21)11-5-3-4-6-12(11)15/h3-8,16H,1-2H3,(H,17,21). The Morgan fingerprint density at radius 2 is 2.09 bits per heavy atom. The van der Waals surface area contributed by atoms with Crippen LogP contribution in [0.1, 0.15) is 23.0 Å². The highest BCUT2D eigenvalue weighted by atomic mass is 35.5. The largest absolute Gasteiger partial charge is 0.390 e. The van der Waals surface area contributed by atoms with E-state index in [1.54, 1.807) is 38.1 Å². The molecular weight excluding hydrogens is 322 g/mol. The quantitative estimate of drug-likeness (QED) is 0.645. The molecule has 2 rings (SSSR count). The third-order valence-corrected chi connectivity index (χ3v) is 3.23. The van der Waals surface area contributed by atoms with Crippen molar-refractivity contribution in [2.45, 2.75) is 13.8 Å². The summed E-state index contributed by atoms with van der Waals surface area (Å²) in [6.45, 7) is 3.37. The summed E-state index contributed by atoms with van der Waals surface area (Å²) in [5.74, 6) is -0.641. The van der Waals surface area contributed by atoms with Gasteiger partial charge in [0, 0.05) is 5.70 Å². The van der Waals surface area contributed by atoms with Crippen LogP contribution < -0.4 is 10.9 Å². The Morgan fingerprint density at radius 1 is 1.39 bits per heavy atom. The van der Waals surface area contributed by atoms with Crippen molar-refractivity contribution in [3.05, 3.63) is 62.4 Å². The molecule has 8 nitrogen and oxygen atoms in total. The van der Waals surface area contributed by atoms with Gasteiger partial charge in [-0.1, -0.05) is 23.7 Å². The fourth-order valence-electron chi connectivity index (χ4n) is 1.77. The highest BCUT2D eigenvalue weighted by molar-refractivity contribution is 6.33. The number of hydrogen-bond donors (Lipinski definition) is 2. The smallest absolute Gasteiger partial charge is 0.358 e. The molecule has 0 saturated heterocycles. The average Bonchev–Trinajstić information content (AvgIpc) is 2.87. The first-order chi connectivity index (χ1) is 10.9. The second-order valence-electron chi connectivity index (χ2n) is 4.72. The molecule has 0 saturated carbocycles. The lowest BCUT2D eigenvalue weighted by Crippen LogP contribution is -2.36.